The topological polar surface area (TPSA) is 44.9 Å². The SMILES string of the molecule is CCCCc1ccnc(-n2c3[c-]c(Oc4[c-]c(-n5nc(C)c(-c6ccccc6)c5C)ccc4)ccc3c3cc(C(C)(C)C)ccc32)c1.[Pt+2]. The molecule has 244 valence electrons. The molecular formula is C42H40N4OPt. The van der Waals surface area contributed by atoms with E-state index in [2.05, 4.69) is 112 Å². The molecule has 6 heteroatoms. The Labute approximate surface area is 297 Å². The van der Waals surface area contributed by atoms with Crippen molar-refractivity contribution < 1.29 is 25.8 Å². The second-order valence-corrected chi connectivity index (χ2v) is 13.4. The van der Waals surface area contributed by atoms with Crippen LogP contribution in [0, 0.1) is 26.0 Å². The Bertz CT molecular complexity index is 2220. The molecule has 7 rings (SSSR count). The van der Waals surface area contributed by atoms with Crippen molar-refractivity contribution in [2.45, 2.75) is 66.2 Å². The maximum Gasteiger partial charge on any atom is 2.00 e. The minimum atomic E-state index is 0. The summed E-state index contributed by atoms with van der Waals surface area (Å²) in [5, 5.41) is 7.18. The predicted molar refractivity (Wildman–Crippen MR) is 192 cm³/mol. The minimum absolute atomic E-state index is 0. The molecule has 0 aliphatic carbocycles. The van der Waals surface area contributed by atoms with Crippen LogP contribution in [0.2, 0.25) is 0 Å². The number of fused-ring (bicyclic) bond motifs is 3. The number of nitrogens with zero attached hydrogens (tertiary/aromatic N) is 4. The summed E-state index contributed by atoms with van der Waals surface area (Å²) in [6, 6.07) is 38.6. The van der Waals surface area contributed by atoms with Crippen molar-refractivity contribution in [3.63, 3.8) is 0 Å². The van der Waals surface area contributed by atoms with Gasteiger partial charge >= 0.3 is 21.1 Å². The Morgan fingerprint density at radius 2 is 1.60 bits per heavy atom. The van der Waals surface area contributed by atoms with Gasteiger partial charge in [-0.3, -0.25) is 4.68 Å². The molecule has 5 nitrogen and oxygen atoms in total. The fraction of sp³-hybridized carbons (Fsp3) is 0.238. The normalized spacial score (nSPS) is 11.6. The molecule has 0 saturated heterocycles. The average molecular weight is 812 g/mol. The van der Waals surface area contributed by atoms with Crippen molar-refractivity contribution in [3.05, 3.63) is 132 Å². The molecule has 3 aromatic heterocycles. The number of ether oxygens (including phenoxy) is 1. The van der Waals surface area contributed by atoms with E-state index in [0.717, 1.165) is 69.7 Å². The molecular weight excluding hydrogens is 772 g/mol. The van der Waals surface area contributed by atoms with Gasteiger partial charge in [0.2, 0.25) is 0 Å². The smallest absolute Gasteiger partial charge is 0.509 e. The van der Waals surface area contributed by atoms with Crippen LogP contribution in [0.15, 0.2) is 97.2 Å². The Kier molecular flexibility index (Phi) is 9.45. The molecule has 48 heavy (non-hydrogen) atoms. The zero-order valence-corrected chi connectivity index (χ0v) is 30.6. The number of benzene rings is 4. The Hall–Kier alpha value is -4.47. The van der Waals surface area contributed by atoms with Crippen molar-refractivity contribution in [2.75, 3.05) is 0 Å². The van der Waals surface area contributed by atoms with E-state index in [1.54, 1.807) is 0 Å². The van der Waals surface area contributed by atoms with E-state index in [1.165, 1.54) is 16.5 Å². The molecule has 0 amide bonds. The number of hydrogen-bond donors (Lipinski definition) is 0. The first kappa shape index (κ1) is 33.4. The van der Waals surface area contributed by atoms with Crippen LogP contribution in [0.1, 0.15) is 63.1 Å². The summed E-state index contributed by atoms with van der Waals surface area (Å²) in [7, 11) is 0. The summed E-state index contributed by atoms with van der Waals surface area (Å²) in [6.07, 6.45) is 5.26. The largest absolute Gasteiger partial charge is 2.00 e. The van der Waals surface area contributed by atoms with Gasteiger partial charge in [-0.2, -0.15) is 17.2 Å². The van der Waals surface area contributed by atoms with Gasteiger partial charge in [-0.25, -0.2) is 4.98 Å². The molecule has 0 aliphatic heterocycles. The molecule has 0 unspecified atom stereocenters. The number of hydrogen-bond acceptors (Lipinski definition) is 3. The molecule has 4 aromatic carbocycles. The summed E-state index contributed by atoms with van der Waals surface area (Å²) in [4.78, 5) is 4.85. The fourth-order valence-corrected chi connectivity index (χ4v) is 6.45. The maximum absolute atomic E-state index is 6.47. The zero-order valence-electron chi connectivity index (χ0n) is 28.4. The van der Waals surface area contributed by atoms with Crippen LogP contribution >= 0.6 is 0 Å². The molecule has 0 aliphatic rings. The minimum Gasteiger partial charge on any atom is -0.509 e. The molecule has 7 aromatic rings. The maximum atomic E-state index is 6.47. The summed E-state index contributed by atoms with van der Waals surface area (Å²) >= 11 is 0. The number of rotatable bonds is 8. The third kappa shape index (κ3) is 6.36. The van der Waals surface area contributed by atoms with Gasteiger partial charge in [-0.05, 0) is 78.1 Å². The van der Waals surface area contributed by atoms with Gasteiger partial charge in [0.15, 0.2) is 0 Å². The first-order valence-corrected chi connectivity index (χ1v) is 16.5. The van der Waals surface area contributed by atoms with Crippen molar-refractivity contribution in [2.24, 2.45) is 0 Å². The molecule has 0 N–H and O–H groups in total. The van der Waals surface area contributed by atoms with Gasteiger partial charge in [0.1, 0.15) is 5.82 Å². The molecule has 0 fully saturated rings. The van der Waals surface area contributed by atoms with Crippen LogP contribution < -0.4 is 4.74 Å². The standard InChI is InChI=1S/C42H40N4O.Pt/c1-7-8-13-30-22-23-43-40(24-30)45-38-21-18-32(42(4,5)6)25-37(38)36-20-19-35(27-39(36)45)47-34-17-12-16-33(26-34)46-29(3)41(28(2)44-46)31-14-10-9-11-15-31;/h9-12,14-25H,7-8,13H2,1-6H3;/q-2;+2. The second kappa shape index (κ2) is 13.6. The van der Waals surface area contributed by atoms with E-state index >= 15 is 0 Å². The van der Waals surface area contributed by atoms with Crippen LogP contribution in [0.5, 0.6) is 11.5 Å². The van der Waals surface area contributed by atoms with E-state index < -0.39 is 0 Å². The van der Waals surface area contributed by atoms with E-state index in [4.69, 9.17) is 14.8 Å². The Balaban J connectivity index is 0.00000401. The van der Waals surface area contributed by atoms with Crippen LogP contribution in [0.3, 0.4) is 0 Å². The van der Waals surface area contributed by atoms with Crippen molar-refractivity contribution in [1.82, 2.24) is 19.3 Å². The number of pyridine rings is 1. The molecule has 0 saturated carbocycles. The number of aromatic nitrogens is 4. The van der Waals surface area contributed by atoms with Gasteiger partial charge in [0, 0.05) is 34.5 Å². The quantitative estimate of drug-likeness (QED) is 0.144. The fourth-order valence-electron chi connectivity index (χ4n) is 6.45. The average Bonchev–Trinajstić information content (AvgIpc) is 3.56. The summed E-state index contributed by atoms with van der Waals surface area (Å²) in [5.41, 5.74) is 9.80. The van der Waals surface area contributed by atoms with E-state index in [1.807, 2.05) is 48.1 Å². The predicted octanol–water partition coefficient (Wildman–Crippen LogP) is 10.7. The van der Waals surface area contributed by atoms with Crippen LogP contribution in [-0.4, -0.2) is 19.3 Å². The Morgan fingerprint density at radius 3 is 2.38 bits per heavy atom. The van der Waals surface area contributed by atoms with E-state index in [-0.39, 0.29) is 26.5 Å². The first-order valence-electron chi connectivity index (χ1n) is 16.5. The van der Waals surface area contributed by atoms with Crippen LogP contribution in [-0.2, 0) is 32.9 Å². The second-order valence-electron chi connectivity index (χ2n) is 13.4. The zero-order chi connectivity index (χ0) is 32.7. The molecule has 0 atom stereocenters. The summed E-state index contributed by atoms with van der Waals surface area (Å²) in [5.74, 6) is 2.11. The number of unbranched alkanes of at least 4 members (excludes halogenated alkanes) is 1. The molecule has 0 bridgehead atoms. The van der Waals surface area contributed by atoms with Crippen LogP contribution in [0.4, 0.5) is 0 Å². The molecule has 3 heterocycles. The van der Waals surface area contributed by atoms with Crippen LogP contribution in [0.25, 0.3) is 44.4 Å². The molecule has 0 radical (unpaired) electrons. The third-order valence-corrected chi connectivity index (χ3v) is 8.93. The van der Waals surface area contributed by atoms with Gasteiger partial charge < -0.3 is 9.30 Å². The van der Waals surface area contributed by atoms with E-state index in [9.17, 15) is 0 Å². The van der Waals surface area contributed by atoms with Gasteiger partial charge in [-0.1, -0.05) is 82.1 Å². The third-order valence-electron chi connectivity index (χ3n) is 8.93. The molecule has 0 spiro atoms. The monoisotopic (exact) mass is 811 g/mol. The first-order chi connectivity index (χ1) is 22.7. The van der Waals surface area contributed by atoms with Crippen molar-refractivity contribution in [1.29, 1.82) is 0 Å². The van der Waals surface area contributed by atoms with E-state index in [0.29, 0.717) is 11.5 Å². The van der Waals surface area contributed by atoms with Crippen molar-refractivity contribution >= 4 is 21.8 Å². The van der Waals surface area contributed by atoms with Gasteiger partial charge in [0.25, 0.3) is 0 Å². The number of aryl methyl sites for hydroxylation is 2. The van der Waals surface area contributed by atoms with Crippen molar-refractivity contribution in [3.8, 4) is 34.1 Å². The summed E-state index contributed by atoms with van der Waals surface area (Å²) < 4.78 is 10.6. The summed E-state index contributed by atoms with van der Waals surface area (Å²) in [6.45, 7) is 13.1. The van der Waals surface area contributed by atoms with Gasteiger partial charge in [0.05, 0.1) is 5.69 Å². The Morgan fingerprint density at radius 1 is 0.812 bits per heavy atom. The van der Waals surface area contributed by atoms with Gasteiger partial charge in [-0.15, -0.1) is 35.7 Å².